The molecule has 1 aromatic heterocycles. The van der Waals surface area contributed by atoms with Gasteiger partial charge in [-0.1, -0.05) is 35.9 Å². The quantitative estimate of drug-likeness (QED) is 0.503. The third-order valence-electron chi connectivity index (χ3n) is 5.26. The van der Waals surface area contributed by atoms with Gasteiger partial charge in [0.1, 0.15) is 11.8 Å². The lowest BCUT2D eigenvalue weighted by atomic mass is 9.98. The Morgan fingerprint density at radius 1 is 1.21 bits per heavy atom. The van der Waals surface area contributed by atoms with Gasteiger partial charge >= 0.3 is 0 Å². The normalized spacial score (nSPS) is 24.1. The summed E-state index contributed by atoms with van der Waals surface area (Å²) in [6, 6.07) is 11.8. The Morgan fingerprint density at radius 3 is 2.64 bits per heavy atom. The van der Waals surface area contributed by atoms with Crippen molar-refractivity contribution in [2.24, 2.45) is 0 Å². The van der Waals surface area contributed by atoms with Gasteiger partial charge in [-0.25, -0.2) is 0 Å². The highest BCUT2D eigenvalue weighted by atomic mass is 16.5. The maximum absolute atomic E-state index is 12.9. The number of amides is 1. The number of likely N-dealkylation sites (tertiary alicyclic amines) is 1. The highest BCUT2D eigenvalue weighted by Crippen LogP contribution is 2.39. The molecule has 4 rings (SSSR count). The van der Waals surface area contributed by atoms with Crippen molar-refractivity contribution in [3.05, 3.63) is 71.1 Å². The van der Waals surface area contributed by atoms with Crippen LogP contribution in [0.4, 0.5) is 0 Å². The maximum Gasteiger partial charge on any atom is 0.295 e. The number of nitrogens with zero attached hydrogens (tertiary/aromatic N) is 2. The zero-order valence-corrected chi connectivity index (χ0v) is 15.7. The number of pyridine rings is 1. The number of aliphatic hydroxyl groups excluding tert-OH is 1. The summed E-state index contributed by atoms with van der Waals surface area (Å²) >= 11 is 0. The number of benzene rings is 1. The van der Waals surface area contributed by atoms with Gasteiger partial charge in [-0.3, -0.25) is 14.6 Å². The number of carbonyl (C=O) groups is 2. The molecule has 2 saturated heterocycles. The summed E-state index contributed by atoms with van der Waals surface area (Å²) in [4.78, 5) is 31.6. The van der Waals surface area contributed by atoms with E-state index in [9.17, 15) is 14.7 Å². The molecule has 6 heteroatoms. The topological polar surface area (TPSA) is 79.7 Å². The molecule has 1 N–H and O–H groups in total. The fourth-order valence-electron chi connectivity index (χ4n) is 3.79. The van der Waals surface area contributed by atoms with Crippen LogP contribution < -0.4 is 0 Å². The van der Waals surface area contributed by atoms with E-state index in [1.54, 1.807) is 36.5 Å². The standard InChI is InChI=1S/C22H22N2O4/c1-14-7-9-15(10-8-14)20(25)18-19(17-6-2-3-11-23-17)24(22(27)21(18)26)13-16-5-4-12-28-16/h2-3,6-11,16,19,25H,4-5,12-13H2,1H3/b20-18-. The fraction of sp³-hybridized carbons (Fsp3) is 0.318. The number of aromatic nitrogens is 1. The van der Waals surface area contributed by atoms with Crippen molar-refractivity contribution >= 4 is 17.4 Å². The van der Waals surface area contributed by atoms with E-state index in [1.165, 1.54) is 4.90 Å². The molecule has 1 aromatic carbocycles. The molecular formula is C22H22N2O4. The number of aliphatic hydroxyl groups is 1. The van der Waals surface area contributed by atoms with E-state index in [1.807, 2.05) is 19.1 Å². The Morgan fingerprint density at radius 2 is 2.00 bits per heavy atom. The van der Waals surface area contributed by atoms with Crippen LogP contribution in [0.25, 0.3) is 5.76 Å². The molecule has 6 nitrogen and oxygen atoms in total. The van der Waals surface area contributed by atoms with Gasteiger partial charge in [-0.05, 0) is 31.9 Å². The predicted octanol–water partition coefficient (Wildman–Crippen LogP) is 2.99. The van der Waals surface area contributed by atoms with Gasteiger partial charge in [-0.15, -0.1) is 0 Å². The number of hydrogen-bond donors (Lipinski definition) is 1. The van der Waals surface area contributed by atoms with Crippen molar-refractivity contribution < 1.29 is 19.4 Å². The summed E-state index contributed by atoms with van der Waals surface area (Å²) in [6.07, 6.45) is 3.29. The van der Waals surface area contributed by atoms with E-state index in [0.717, 1.165) is 18.4 Å². The van der Waals surface area contributed by atoms with Gasteiger partial charge in [0.25, 0.3) is 11.7 Å². The number of aryl methyl sites for hydroxylation is 1. The minimum atomic E-state index is -0.730. The van der Waals surface area contributed by atoms with E-state index in [2.05, 4.69) is 4.98 Å². The molecule has 2 aromatic rings. The first-order valence-electron chi connectivity index (χ1n) is 9.44. The highest BCUT2D eigenvalue weighted by molar-refractivity contribution is 6.46. The molecule has 1 amide bonds. The van der Waals surface area contributed by atoms with Crippen molar-refractivity contribution in [1.29, 1.82) is 0 Å². The van der Waals surface area contributed by atoms with E-state index >= 15 is 0 Å². The Kier molecular flexibility index (Phi) is 4.96. The molecule has 2 unspecified atom stereocenters. The fourth-order valence-corrected chi connectivity index (χ4v) is 3.79. The third kappa shape index (κ3) is 3.31. The smallest absolute Gasteiger partial charge is 0.295 e. The van der Waals surface area contributed by atoms with Gasteiger partial charge in [0.05, 0.1) is 17.4 Å². The van der Waals surface area contributed by atoms with Crippen LogP contribution in [-0.2, 0) is 14.3 Å². The van der Waals surface area contributed by atoms with Crippen LogP contribution in [0.5, 0.6) is 0 Å². The second-order valence-corrected chi connectivity index (χ2v) is 7.21. The van der Waals surface area contributed by atoms with Crippen molar-refractivity contribution in [2.75, 3.05) is 13.2 Å². The lowest BCUT2D eigenvalue weighted by Gasteiger charge is -2.26. The summed E-state index contributed by atoms with van der Waals surface area (Å²) in [7, 11) is 0. The summed E-state index contributed by atoms with van der Waals surface area (Å²) in [5.74, 6) is -1.49. The van der Waals surface area contributed by atoms with Crippen LogP contribution in [-0.4, -0.2) is 45.9 Å². The van der Waals surface area contributed by atoms with Gasteiger partial charge in [0.15, 0.2) is 0 Å². The monoisotopic (exact) mass is 378 g/mol. The molecule has 0 bridgehead atoms. The predicted molar refractivity (Wildman–Crippen MR) is 103 cm³/mol. The second kappa shape index (κ2) is 7.56. The van der Waals surface area contributed by atoms with Crippen molar-refractivity contribution in [3.63, 3.8) is 0 Å². The largest absolute Gasteiger partial charge is 0.507 e. The molecule has 2 aliphatic rings. The van der Waals surface area contributed by atoms with Crippen LogP contribution in [0.3, 0.4) is 0 Å². The van der Waals surface area contributed by atoms with Crippen molar-refractivity contribution in [3.8, 4) is 0 Å². The van der Waals surface area contributed by atoms with E-state index in [4.69, 9.17) is 4.74 Å². The molecule has 2 aliphatic heterocycles. The molecule has 144 valence electrons. The average Bonchev–Trinajstić information content (AvgIpc) is 3.31. The summed E-state index contributed by atoms with van der Waals surface area (Å²) in [6.45, 7) is 2.90. The van der Waals surface area contributed by atoms with Gasteiger partial charge < -0.3 is 14.7 Å². The number of Topliss-reactive ketones (excluding diaryl/α,β-unsaturated/α-hetero) is 1. The molecule has 3 heterocycles. The first-order chi connectivity index (χ1) is 13.6. The van der Waals surface area contributed by atoms with Crippen LogP contribution >= 0.6 is 0 Å². The SMILES string of the molecule is Cc1ccc(/C(O)=C2/C(=O)C(=O)N(CC3CCCO3)C2c2ccccn2)cc1. The number of rotatable bonds is 4. The number of carbonyl (C=O) groups excluding carboxylic acids is 2. The summed E-state index contributed by atoms with van der Waals surface area (Å²) in [5, 5.41) is 10.9. The molecule has 0 spiro atoms. The first-order valence-corrected chi connectivity index (χ1v) is 9.44. The Balaban J connectivity index is 1.80. The molecule has 0 aliphatic carbocycles. The van der Waals surface area contributed by atoms with E-state index < -0.39 is 17.7 Å². The van der Waals surface area contributed by atoms with Gasteiger partial charge in [0.2, 0.25) is 0 Å². The molecule has 28 heavy (non-hydrogen) atoms. The van der Waals surface area contributed by atoms with Crippen LogP contribution in [0.1, 0.15) is 35.7 Å². The second-order valence-electron chi connectivity index (χ2n) is 7.21. The number of ketones is 1. The third-order valence-corrected chi connectivity index (χ3v) is 5.26. The van der Waals surface area contributed by atoms with Crippen LogP contribution in [0.2, 0.25) is 0 Å². The van der Waals surface area contributed by atoms with Crippen molar-refractivity contribution in [2.45, 2.75) is 31.9 Å². The Labute approximate surface area is 163 Å². The lowest BCUT2D eigenvalue weighted by Crippen LogP contribution is -2.36. The Bertz CT molecular complexity index is 915. The minimum absolute atomic E-state index is 0.0746. The molecule has 2 atom stereocenters. The summed E-state index contributed by atoms with van der Waals surface area (Å²) in [5.41, 5.74) is 2.16. The minimum Gasteiger partial charge on any atom is -0.507 e. The van der Waals surface area contributed by atoms with Crippen LogP contribution in [0, 0.1) is 6.92 Å². The van der Waals surface area contributed by atoms with Crippen LogP contribution in [0.15, 0.2) is 54.2 Å². The molecule has 0 radical (unpaired) electrons. The molecular weight excluding hydrogens is 356 g/mol. The van der Waals surface area contributed by atoms with Gasteiger partial charge in [0, 0.05) is 24.9 Å². The van der Waals surface area contributed by atoms with Crippen molar-refractivity contribution in [1.82, 2.24) is 9.88 Å². The average molecular weight is 378 g/mol. The van der Waals surface area contributed by atoms with Gasteiger partial charge in [-0.2, -0.15) is 0 Å². The van der Waals surface area contributed by atoms with E-state index in [0.29, 0.717) is 24.4 Å². The molecule has 2 fully saturated rings. The number of ether oxygens (including phenoxy) is 1. The summed E-state index contributed by atoms with van der Waals surface area (Å²) < 4.78 is 5.67. The zero-order valence-electron chi connectivity index (χ0n) is 15.7. The maximum atomic E-state index is 12.9. The zero-order chi connectivity index (χ0) is 19.7. The highest BCUT2D eigenvalue weighted by Gasteiger charge is 2.47. The van der Waals surface area contributed by atoms with E-state index in [-0.39, 0.29) is 17.4 Å². The first kappa shape index (κ1) is 18.4. The number of hydrogen-bond acceptors (Lipinski definition) is 5. The Hall–Kier alpha value is -2.99. The lowest BCUT2D eigenvalue weighted by molar-refractivity contribution is -0.140. The molecule has 0 saturated carbocycles.